The van der Waals surface area contributed by atoms with Gasteiger partial charge >= 0.3 is 6.18 Å². The highest BCUT2D eigenvalue weighted by Crippen LogP contribution is 2.44. The van der Waals surface area contributed by atoms with Gasteiger partial charge in [0.25, 0.3) is 0 Å². The summed E-state index contributed by atoms with van der Waals surface area (Å²) in [6.07, 6.45) is 4.26. The molecule has 1 saturated carbocycles. The minimum absolute atomic E-state index is 0. The lowest BCUT2D eigenvalue weighted by molar-refractivity contribution is -0.137. The summed E-state index contributed by atoms with van der Waals surface area (Å²) in [6.45, 7) is 4.27. The molecule has 1 aromatic heterocycles. The van der Waals surface area contributed by atoms with Gasteiger partial charge in [0.2, 0.25) is 0 Å². The van der Waals surface area contributed by atoms with E-state index in [1.165, 1.54) is 12.1 Å². The van der Waals surface area contributed by atoms with Crippen LogP contribution >= 0.6 is 24.0 Å². The van der Waals surface area contributed by atoms with E-state index in [0.717, 1.165) is 62.6 Å². The number of imidazole rings is 1. The van der Waals surface area contributed by atoms with E-state index in [1.807, 2.05) is 19.2 Å². The molecular weight excluding hydrogens is 518 g/mol. The SMILES string of the molecule is CN=C(NCCCCn1ccnc1C)NCC1(c2cccc(C(F)(F)F)c2)CCC1.I. The Morgan fingerprint density at radius 2 is 2.00 bits per heavy atom. The number of hydrogen-bond acceptors (Lipinski definition) is 2. The lowest BCUT2D eigenvalue weighted by Crippen LogP contribution is -2.49. The van der Waals surface area contributed by atoms with Crippen LogP contribution in [0.3, 0.4) is 0 Å². The Balaban J connectivity index is 0.00000341. The van der Waals surface area contributed by atoms with Crippen LogP contribution in [-0.4, -0.2) is 35.6 Å². The van der Waals surface area contributed by atoms with E-state index in [-0.39, 0.29) is 29.4 Å². The Hall–Kier alpha value is -1.78. The summed E-state index contributed by atoms with van der Waals surface area (Å²) < 4.78 is 41.5. The third-order valence-corrected chi connectivity index (χ3v) is 5.97. The average Bonchev–Trinajstić information content (AvgIpc) is 3.09. The van der Waals surface area contributed by atoms with Crippen LogP contribution in [0.15, 0.2) is 41.7 Å². The third-order valence-electron chi connectivity index (χ3n) is 5.97. The maximum atomic E-state index is 13.1. The van der Waals surface area contributed by atoms with Crippen LogP contribution in [0, 0.1) is 6.92 Å². The molecule has 5 nitrogen and oxygen atoms in total. The second-order valence-electron chi connectivity index (χ2n) is 7.94. The zero-order chi connectivity index (χ0) is 21.6. The molecule has 0 saturated heterocycles. The van der Waals surface area contributed by atoms with E-state index >= 15 is 0 Å². The molecule has 0 amide bonds. The smallest absolute Gasteiger partial charge is 0.356 e. The molecule has 1 aromatic carbocycles. The van der Waals surface area contributed by atoms with Crippen LogP contribution in [-0.2, 0) is 18.1 Å². The highest BCUT2D eigenvalue weighted by atomic mass is 127. The first-order valence-corrected chi connectivity index (χ1v) is 10.4. The molecule has 2 N–H and O–H groups in total. The molecule has 1 aliphatic rings. The van der Waals surface area contributed by atoms with E-state index in [9.17, 15) is 13.2 Å². The normalized spacial score (nSPS) is 15.7. The molecule has 0 spiro atoms. The van der Waals surface area contributed by atoms with Crippen molar-refractivity contribution in [2.45, 2.75) is 57.2 Å². The summed E-state index contributed by atoms with van der Waals surface area (Å²) in [5.74, 6) is 1.70. The number of benzene rings is 1. The van der Waals surface area contributed by atoms with Crippen LogP contribution in [0.1, 0.15) is 49.1 Å². The van der Waals surface area contributed by atoms with Crippen molar-refractivity contribution in [2.24, 2.45) is 4.99 Å². The molecule has 0 bridgehead atoms. The number of rotatable bonds is 8. The summed E-state index contributed by atoms with van der Waals surface area (Å²) in [4.78, 5) is 8.48. The van der Waals surface area contributed by atoms with E-state index < -0.39 is 11.7 Å². The standard InChI is InChI=1S/C22H30F3N5.HI/c1-17-27-12-14-30(17)13-4-3-11-28-20(26-2)29-16-21(9-6-10-21)18-7-5-8-19(15-18)22(23,24)25;/h5,7-8,12,14-15H,3-4,6,9-11,13,16H2,1-2H3,(H2,26,28,29);1H. The fourth-order valence-corrected chi connectivity index (χ4v) is 3.92. The first-order chi connectivity index (χ1) is 14.3. The van der Waals surface area contributed by atoms with Crippen LogP contribution in [0.4, 0.5) is 13.2 Å². The summed E-state index contributed by atoms with van der Waals surface area (Å²) in [7, 11) is 1.71. The first-order valence-electron chi connectivity index (χ1n) is 10.4. The van der Waals surface area contributed by atoms with Crippen molar-refractivity contribution < 1.29 is 13.2 Å². The molecule has 9 heteroatoms. The quantitative estimate of drug-likeness (QED) is 0.213. The van der Waals surface area contributed by atoms with Gasteiger partial charge in [0.05, 0.1) is 5.56 Å². The van der Waals surface area contributed by atoms with Crippen molar-refractivity contribution in [1.82, 2.24) is 20.2 Å². The van der Waals surface area contributed by atoms with Crippen LogP contribution in [0.5, 0.6) is 0 Å². The molecule has 172 valence electrons. The number of halogens is 4. The van der Waals surface area contributed by atoms with Gasteiger partial charge in [0.15, 0.2) is 5.96 Å². The van der Waals surface area contributed by atoms with Gasteiger partial charge in [-0.05, 0) is 44.2 Å². The molecule has 2 aromatic rings. The Labute approximate surface area is 199 Å². The zero-order valence-electron chi connectivity index (χ0n) is 18.0. The van der Waals surface area contributed by atoms with Crippen molar-refractivity contribution >= 4 is 29.9 Å². The highest BCUT2D eigenvalue weighted by Gasteiger charge is 2.40. The van der Waals surface area contributed by atoms with Gasteiger partial charge in [-0.1, -0.05) is 24.6 Å². The summed E-state index contributed by atoms with van der Waals surface area (Å²) in [5.41, 5.74) is -0.0955. The highest BCUT2D eigenvalue weighted by molar-refractivity contribution is 14.0. The number of unbranched alkanes of at least 4 members (excludes halogenated alkanes) is 1. The molecule has 0 unspecified atom stereocenters. The lowest BCUT2D eigenvalue weighted by Gasteiger charge is -2.43. The number of hydrogen-bond donors (Lipinski definition) is 2. The third kappa shape index (κ3) is 6.60. The first kappa shape index (κ1) is 25.5. The predicted octanol–water partition coefficient (Wildman–Crippen LogP) is 4.90. The number of nitrogens with zero attached hydrogens (tertiary/aromatic N) is 3. The summed E-state index contributed by atoms with van der Waals surface area (Å²) >= 11 is 0. The van der Waals surface area contributed by atoms with E-state index in [0.29, 0.717) is 12.5 Å². The number of aliphatic imine (C=N–C) groups is 1. The van der Waals surface area contributed by atoms with Crippen molar-refractivity contribution in [2.75, 3.05) is 20.1 Å². The van der Waals surface area contributed by atoms with E-state index in [4.69, 9.17) is 0 Å². The Morgan fingerprint density at radius 3 is 2.58 bits per heavy atom. The number of alkyl halides is 3. The van der Waals surface area contributed by atoms with E-state index in [2.05, 4.69) is 25.2 Å². The molecule has 31 heavy (non-hydrogen) atoms. The van der Waals surface area contributed by atoms with Crippen molar-refractivity contribution in [3.8, 4) is 0 Å². The van der Waals surface area contributed by atoms with Gasteiger partial charge in [-0.2, -0.15) is 13.2 Å². The molecular formula is C22H31F3IN5. The predicted molar refractivity (Wildman–Crippen MR) is 128 cm³/mol. The second kappa shape index (κ2) is 11.2. The molecule has 3 rings (SSSR count). The Bertz CT molecular complexity index is 859. The molecule has 0 atom stereocenters. The minimum atomic E-state index is -4.32. The van der Waals surface area contributed by atoms with E-state index in [1.54, 1.807) is 13.2 Å². The topological polar surface area (TPSA) is 54.2 Å². The fraction of sp³-hybridized carbons (Fsp3) is 0.545. The zero-order valence-corrected chi connectivity index (χ0v) is 20.3. The van der Waals surface area contributed by atoms with Crippen LogP contribution < -0.4 is 10.6 Å². The molecule has 1 aliphatic carbocycles. The largest absolute Gasteiger partial charge is 0.416 e. The average molecular weight is 549 g/mol. The fourth-order valence-electron chi connectivity index (χ4n) is 3.92. The summed E-state index contributed by atoms with van der Waals surface area (Å²) in [5, 5.41) is 6.63. The maximum Gasteiger partial charge on any atom is 0.416 e. The summed E-state index contributed by atoms with van der Waals surface area (Å²) in [6, 6.07) is 5.75. The number of guanidine groups is 1. The monoisotopic (exact) mass is 549 g/mol. The second-order valence-corrected chi connectivity index (χ2v) is 7.94. The van der Waals surface area contributed by atoms with Gasteiger partial charge in [0.1, 0.15) is 5.82 Å². The van der Waals surface area contributed by atoms with Gasteiger partial charge in [-0.3, -0.25) is 4.99 Å². The van der Waals surface area contributed by atoms with Crippen LogP contribution in [0.2, 0.25) is 0 Å². The van der Waals surface area contributed by atoms with Crippen LogP contribution in [0.25, 0.3) is 0 Å². The molecule has 0 aliphatic heterocycles. The Kier molecular flexibility index (Phi) is 9.20. The Morgan fingerprint density at radius 1 is 1.23 bits per heavy atom. The number of aryl methyl sites for hydroxylation is 2. The van der Waals surface area contributed by atoms with Gasteiger partial charge < -0.3 is 15.2 Å². The minimum Gasteiger partial charge on any atom is -0.356 e. The van der Waals surface area contributed by atoms with Crippen molar-refractivity contribution in [3.63, 3.8) is 0 Å². The molecule has 0 radical (unpaired) electrons. The number of aromatic nitrogens is 2. The molecule has 1 fully saturated rings. The molecule has 1 heterocycles. The van der Waals surface area contributed by atoms with Gasteiger partial charge in [-0.25, -0.2) is 4.98 Å². The van der Waals surface area contributed by atoms with Crippen molar-refractivity contribution in [3.05, 3.63) is 53.6 Å². The van der Waals surface area contributed by atoms with Gasteiger partial charge in [0, 0.05) is 44.5 Å². The van der Waals surface area contributed by atoms with Crippen molar-refractivity contribution in [1.29, 1.82) is 0 Å². The lowest BCUT2D eigenvalue weighted by atomic mass is 9.64. The number of nitrogens with one attached hydrogen (secondary N) is 2. The van der Waals surface area contributed by atoms with Gasteiger partial charge in [-0.15, -0.1) is 24.0 Å². The maximum absolute atomic E-state index is 13.1.